The van der Waals surface area contributed by atoms with Crippen molar-refractivity contribution >= 4 is 52.6 Å². The summed E-state index contributed by atoms with van der Waals surface area (Å²) in [4.78, 5) is 131. The maximum absolute atomic E-state index is 14.1. The summed E-state index contributed by atoms with van der Waals surface area (Å²) in [6.07, 6.45) is -17.8. The molecule has 474 valence electrons. The molecule has 29 heteroatoms. The number of ether oxygens (including phenoxy) is 6. The number of hydrogen-bond acceptors (Lipinski definition) is 28. The van der Waals surface area contributed by atoms with Crippen LogP contribution in [0.1, 0.15) is 164 Å². The molecule has 10 rings (SSSR count). The molecule has 2 fully saturated rings. The van der Waals surface area contributed by atoms with Crippen LogP contribution in [-0.2, 0) is 65.4 Å². The van der Waals surface area contributed by atoms with Crippen molar-refractivity contribution in [1.82, 2.24) is 11.0 Å². The number of aliphatic hydroxyl groups excluding tert-OH is 2. The van der Waals surface area contributed by atoms with Crippen molar-refractivity contribution in [2.45, 2.75) is 157 Å². The highest BCUT2D eigenvalue weighted by Crippen LogP contribution is 2.55. The number of carbonyl (C=O) groups excluding carboxylic acids is 8. The first-order valence-corrected chi connectivity index (χ1v) is 27.9. The molecule has 6 aliphatic rings. The third kappa shape index (κ3) is 10.9. The number of aromatic hydroxyl groups is 4. The van der Waals surface area contributed by atoms with E-state index >= 15 is 0 Å². The highest BCUT2D eigenvalue weighted by atomic mass is 16.7. The molecule has 4 aromatic rings. The first-order valence-electron chi connectivity index (χ1n) is 27.9. The van der Waals surface area contributed by atoms with Crippen LogP contribution in [0.2, 0.25) is 0 Å². The quantitative estimate of drug-likeness (QED) is 0.0445. The van der Waals surface area contributed by atoms with Crippen LogP contribution in [-0.4, -0.2) is 184 Å². The highest BCUT2D eigenvalue weighted by Gasteiger charge is 2.53. The van der Waals surface area contributed by atoms with Gasteiger partial charge in [-0.1, -0.05) is 24.3 Å². The van der Waals surface area contributed by atoms with E-state index < -0.39 is 227 Å². The number of hydroxylamine groups is 2. The number of benzene rings is 4. The predicted octanol–water partition coefficient (Wildman–Crippen LogP) is 0.846. The molecular weight excluding hydrogens is 1180 g/mol. The third-order valence-electron chi connectivity index (χ3n) is 17.4. The molecule has 0 radical (unpaired) electrons. The van der Waals surface area contributed by atoms with Gasteiger partial charge >= 0.3 is 17.9 Å². The zero-order chi connectivity index (χ0) is 64.8. The summed E-state index contributed by atoms with van der Waals surface area (Å²) in [7, 11) is 2.51. The Balaban J connectivity index is 0.798. The van der Waals surface area contributed by atoms with Gasteiger partial charge in [0.2, 0.25) is 11.6 Å². The molecule has 2 saturated heterocycles. The standard InChI is InChI=1S/C60H62N2O27/c1-21-47(67)29(13-37(84-21)86-33-17-58(79,23(3)63)15-27-41(33)55(75)45-43(51(27)71)49(69)25-9-7-11-31(82-5)39(25)53(45)73)61-88-35(65)19-60(81,57(77)78)20-36(66)89-62-30-14-38(85-22(2)48(30)68)87-34-18-59(80,24(4)64)16-28-42(34)56(76)46-44(52(28)72)50(70)26-10-8-12-32(83-6)40(26)54(46)74/h7-12,21-22,29-30,33-34,37-38,47-48,61-62,67-68,71-72,75-76,79-81H,13-20H2,1-6H3,(H,77,78)/t21?,22?,29?,30?,33-,34-,37?,38?,47?,48?,58-,59-,60?/m0/s1. The van der Waals surface area contributed by atoms with Crippen molar-refractivity contribution in [3.63, 3.8) is 0 Å². The second-order valence-corrected chi connectivity index (χ2v) is 23.0. The number of phenolic OH excluding ortho intramolecular Hbond substituents is 4. The number of phenols is 4. The maximum Gasteiger partial charge on any atom is 0.336 e. The molecule has 0 spiro atoms. The molecule has 2 aliphatic heterocycles. The van der Waals surface area contributed by atoms with E-state index in [0.717, 1.165) is 13.8 Å². The Hall–Kier alpha value is -8.33. The smallest absolute Gasteiger partial charge is 0.336 e. The number of rotatable bonds is 17. The zero-order valence-electron chi connectivity index (χ0n) is 48.3. The molecular formula is C60H62N2O27. The summed E-state index contributed by atoms with van der Waals surface area (Å²) in [5.74, 6) is -13.6. The number of fused-ring (bicyclic) bond motifs is 6. The Morgan fingerprint density at radius 2 is 0.944 bits per heavy atom. The van der Waals surface area contributed by atoms with E-state index in [1.54, 1.807) is 0 Å². The molecule has 29 nitrogen and oxygen atoms in total. The number of aliphatic carboxylic acids is 1. The van der Waals surface area contributed by atoms with Crippen molar-refractivity contribution in [2.24, 2.45) is 0 Å². The molecule has 8 unspecified atom stereocenters. The van der Waals surface area contributed by atoms with E-state index in [9.17, 15) is 94.2 Å². The summed E-state index contributed by atoms with van der Waals surface area (Å²) >= 11 is 0. The summed E-state index contributed by atoms with van der Waals surface area (Å²) < 4.78 is 34.8. The number of hydrogen-bond donors (Lipinski definition) is 12. The van der Waals surface area contributed by atoms with Gasteiger partial charge in [-0.3, -0.25) is 38.4 Å². The van der Waals surface area contributed by atoms with Gasteiger partial charge in [0.05, 0.1) is 109 Å². The van der Waals surface area contributed by atoms with Crippen molar-refractivity contribution in [1.29, 1.82) is 0 Å². The van der Waals surface area contributed by atoms with Crippen LogP contribution < -0.4 is 20.4 Å². The van der Waals surface area contributed by atoms with Crippen LogP contribution in [0.15, 0.2) is 36.4 Å². The summed E-state index contributed by atoms with van der Waals surface area (Å²) in [5, 5.41) is 114. The number of nitrogens with one attached hydrogen (secondary N) is 2. The summed E-state index contributed by atoms with van der Waals surface area (Å²) in [5.41, 5.74) is -7.57. The normalized spacial score (nSPS) is 28.3. The summed E-state index contributed by atoms with van der Waals surface area (Å²) in [6, 6.07) is 5.63. The molecule has 2 heterocycles. The Bertz CT molecular complexity index is 3480. The first kappa shape index (κ1) is 63.7. The van der Waals surface area contributed by atoms with Crippen LogP contribution in [0.3, 0.4) is 0 Å². The van der Waals surface area contributed by atoms with E-state index in [1.165, 1.54) is 64.5 Å². The molecule has 0 aromatic heterocycles. The number of carboxylic acids is 1. The lowest BCUT2D eigenvalue weighted by molar-refractivity contribution is -0.257. The fourth-order valence-electron chi connectivity index (χ4n) is 12.5. The van der Waals surface area contributed by atoms with E-state index in [4.69, 9.17) is 38.1 Å². The number of Topliss-reactive ketones (excluding diaryl/α,β-unsaturated/α-hetero) is 2. The minimum atomic E-state index is -3.25. The van der Waals surface area contributed by atoms with Crippen molar-refractivity contribution in [2.75, 3.05) is 14.2 Å². The van der Waals surface area contributed by atoms with Crippen LogP contribution >= 0.6 is 0 Å². The molecule has 0 saturated carbocycles. The van der Waals surface area contributed by atoms with Crippen LogP contribution in [0.25, 0.3) is 0 Å². The minimum Gasteiger partial charge on any atom is -0.507 e. The first-order chi connectivity index (χ1) is 41.9. The van der Waals surface area contributed by atoms with E-state index in [1.807, 2.05) is 0 Å². The van der Waals surface area contributed by atoms with Gasteiger partial charge in [-0.2, -0.15) is 0 Å². The van der Waals surface area contributed by atoms with E-state index in [-0.39, 0.29) is 56.0 Å². The second-order valence-electron chi connectivity index (χ2n) is 23.0. The third-order valence-corrected chi connectivity index (χ3v) is 17.4. The van der Waals surface area contributed by atoms with Crippen LogP contribution in [0.5, 0.6) is 34.5 Å². The Morgan fingerprint density at radius 1 is 0.584 bits per heavy atom. The molecule has 0 amide bonds. The summed E-state index contributed by atoms with van der Waals surface area (Å²) in [6.45, 7) is 4.84. The van der Waals surface area contributed by atoms with Gasteiger partial charge in [-0.05, 0) is 39.8 Å². The van der Waals surface area contributed by atoms with Crippen molar-refractivity contribution < 1.29 is 132 Å². The molecule has 12 N–H and O–H groups in total. The van der Waals surface area contributed by atoms with Crippen LogP contribution in [0.4, 0.5) is 0 Å². The van der Waals surface area contributed by atoms with E-state index in [2.05, 4.69) is 11.0 Å². The number of ketones is 6. The number of carboxylic acid groups (broad SMARTS) is 1. The average molecular weight is 1240 g/mol. The van der Waals surface area contributed by atoms with Gasteiger partial charge in [-0.15, -0.1) is 11.0 Å². The van der Waals surface area contributed by atoms with Gasteiger partial charge in [0.25, 0.3) is 0 Å². The second kappa shape index (κ2) is 23.6. The maximum atomic E-state index is 14.1. The van der Waals surface area contributed by atoms with Crippen molar-refractivity contribution in [3.05, 3.63) is 103 Å². The predicted molar refractivity (Wildman–Crippen MR) is 293 cm³/mol. The zero-order valence-corrected chi connectivity index (χ0v) is 48.3. The fourth-order valence-corrected chi connectivity index (χ4v) is 12.5. The van der Waals surface area contributed by atoms with Gasteiger partial charge in [0.15, 0.2) is 41.3 Å². The van der Waals surface area contributed by atoms with E-state index in [0.29, 0.717) is 0 Å². The lowest BCUT2D eigenvalue weighted by Gasteiger charge is -2.42. The van der Waals surface area contributed by atoms with Gasteiger partial charge in [0.1, 0.15) is 45.7 Å². The monoisotopic (exact) mass is 1240 g/mol. The fraction of sp³-hybridized carbons (Fsp3) is 0.450. The Labute approximate surface area is 503 Å². The lowest BCUT2D eigenvalue weighted by Crippen LogP contribution is -2.55. The highest BCUT2D eigenvalue weighted by molar-refractivity contribution is 6.32. The average Bonchev–Trinajstić information content (AvgIpc) is 0.749. The lowest BCUT2D eigenvalue weighted by atomic mass is 9.72. The van der Waals surface area contributed by atoms with Gasteiger partial charge in [0, 0.05) is 71.9 Å². The van der Waals surface area contributed by atoms with Gasteiger partial charge < -0.3 is 89.2 Å². The van der Waals surface area contributed by atoms with Crippen LogP contribution in [0, 0.1) is 0 Å². The number of carbonyl (C=O) groups is 9. The molecule has 4 aliphatic carbocycles. The molecule has 0 bridgehead atoms. The number of methoxy groups -OCH3 is 2. The largest absolute Gasteiger partial charge is 0.507 e. The minimum absolute atomic E-state index is 0.0119. The molecule has 12 atom stereocenters. The Kier molecular flexibility index (Phi) is 16.9. The SMILES string of the molecule is COc1cccc2c1C(=O)c1c(O)c3c(c(O)c1C2=O)C[C@@](O)(C(C)=O)C[C@@H]3OC1CC(NOC(=O)CC(O)(CC(=O)ONC2CC(O[C@H]3C[C@](O)(C(C)=O)Cc4c(O)c5c(c(O)c43)C(=O)c3c(OC)cccc3C5=O)OC(C)C2O)C(=O)O)C(O)C(C)O1. The van der Waals surface area contributed by atoms with Gasteiger partial charge in [-0.25, -0.2) is 4.79 Å². The molecule has 4 aromatic carbocycles. The molecule has 89 heavy (non-hydrogen) atoms. The topological polar surface area (TPSA) is 454 Å². The van der Waals surface area contributed by atoms with Crippen molar-refractivity contribution in [3.8, 4) is 34.5 Å². The number of aliphatic hydroxyl groups is 5. The Morgan fingerprint density at radius 3 is 1.28 bits per heavy atom.